The monoisotopic (exact) mass is 276 g/mol. The molecule has 98 valence electrons. The van der Waals surface area contributed by atoms with E-state index in [1.54, 1.807) is 16.7 Å². The van der Waals surface area contributed by atoms with Gasteiger partial charge < -0.3 is 10.2 Å². The third kappa shape index (κ3) is 3.10. The largest absolute Gasteiger partial charge is 0.416 e. The minimum Gasteiger partial charge on any atom is -0.314 e. The van der Waals surface area contributed by atoms with Gasteiger partial charge in [0.15, 0.2) is 0 Å². The Hall–Kier alpha value is -1.37. The number of amides is 2. The molecule has 0 aliphatic carbocycles. The molecule has 1 aromatic rings. The number of thioether (sulfide) groups is 1. The third-order valence-electron chi connectivity index (χ3n) is 2.50. The van der Waals surface area contributed by atoms with Gasteiger partial charge in [0.2, 0.25) is 0 Å². The number of urea groups is 1. The maximum atomic E-state index is 12.3. The summed E-state index contributed by atoms with van der Waals surface area (Å²) in [6.45, 7) is 0.664. The van der Waals surface area contributed by atoms with E-state index in [1.165, 1.54) is 12.1 Å². The van der Waals surface area contributed by atoms with Gasteiger partial charge in [0.1, 0.15) is 0 Å². The zero-order chi connectivity index (χ0) is 13.2. The van der Waals surface area contributed by atoms with Crippen LogP contribution in [0.25, 0.3) is 0 Å². The molecular formula is C11H11F3N2OS. The Morgan fingerprint density at radius 1 is 1.28 bits per heavy atom. The van der Waals surface area contributed by atoms with E-state index < -0.39 is 11.7 Å². The Kier molecular flexibility index (Phi) is 3.70. The fourth-order valence-corrected chi connectivity index (χ4v) is 2.46. The first-order valence-corrected chi connectivity index (χ1v) is 6.43. The molecule has 0 unspecified atom stereocenters. The van der Waals surface area contributed by atoms with E-state index in [-0.39, 0.29) is 6.03 Å². The second-order valence-corrected chi connectivity index (χ2v) is 4.88. The molecule has 0 atom stereocenters. The molecule has 1 N–H and O–H groups in total. The van der Waals surface area contributed by atoms with Crippen molar-refractivity contribution in [3.8, 4) is 0 Å². The standard InChI is InChI=1S/C11H11F3N2OS/c12-11(13,14)8-1-3-9(4-2-8)15-10(17)16-5-6-18-7-16/h1-4H,5-7H2,(H,15,17). The van der Waals surface area contributed by atoms with Gasteiger partial charge in [-0.25, -0.2) is 4.79 Å². The Morgan fingerprint density at radius 3 is 2.44 bits per heavy atom. The number of rotatable bonds is 1. The smallest absolute Gasteiger partial charge is 0.314 e. The van der Waals surface area contributed by atoms with Gasteiger partial charge in [-0.05, 0) is 24.3 Å². The van der Waals surface area contributed by atoms with E-state index in [9.17, 15) is 18.0 Å². The molecule has 7 heteroatoms. The number of benzene rings is 1. The maximum Gasteiger partial charge on any atom is 0.416 e. The van der Waals surface area contributed by atoms with E-state index >= 15 is 0 Å². The maximum absolute atomic E-state index is 12.3. The van der Waals surface area contributed by atoms with Gasteiger partial charge in [0.05, 0.1) is 11.4 Å². The highest BCUT2D eigenvalue weighted by molar-refractivity contribution is 7.99. The van der Waals surface area contributed by atoms with E-state index in [0.717, 1.165) is 17.9 Å². The minimum atomic E-state index is -4.35. The number of nitrogens with one attached hydrogen (secondary N) is 1. The molecule has 1 saturated heterocycles. The molecule has 1 heterocycles. The lowest BCUT2D eigenvalue weighted by atomic mass is 10.2. The summed E-state index contributed by atoms with van der Waals surface area (Å²) in [6.07, 6.45) is -4.35. The van der Waals surface area contributed by atoms with Gasteiger partial charge in [0, 0.05) is 18.0 Å². The van der Waals surface area contributed by atoms with Crippen LogP contribution in [0.3, 0.4) is 0 Å². The lowest BCUT2D eigenvalue weighted by Gasteiger charge is -2.15. The van der Waals surface area contributed by atoms with E-state index in [4.69, 9.17) is 0 Å². The summed E-state index contributed by atoms with van der Waals surface area (Å²) in [5.74, 6) is 1.51. The zero-order valence-corrected chi connectivity index (χ0v) is 10.1. The predicted molar refractivity (Wildman–Crippen MR) is 64.5 cm³/mol. The lowest BCUT2D eigenvalue weighted by Crippen LogP contribution is -2.32. The normalized spacial score (nSPS) is 15.8. The van der Waals surface area contributed by atoms with Gasteiger partial charge in [-0.1, -0.05) is 0 Å². The second kappa shape index (κ2) is 5.09. The molecule has 1 fully saturated rings. The van der Waals surface area contributed by atoms with Gasteiger partial charge in [-0.15, -0.1) is 11.8 Å². The predicted octanol–water partition coefficient (Wildman–Crippen LogP) is 3.24. The Labute approximate surface area is 106 Å². The van der Waals surface area contributed by atoms with Crippen molar-refractivity contribution in [3.05, 3.63) is 29.8 Å². The first-order valence-electron chi connectivity index (χ1n) is 5.28. The quantitative estimate of drug-likeness (QED) is 0.854. The zero-order valence-electron chi connectivity index (χ0n) is 9.33. The van der Waals surface area contributed by atoms with Crippen LogP contribution >= 0.6 is 11.8 Å². The summed E-state index contributed by atoms with van der Waals surface area (Å²) in [5, 5.41) is 2.57. The first-order chi connectivity index (χ1) is 8.47. The summed E-state index contributed by atoms with van der Waals surface area (Å²) in [4.78, 5) is 13.3. The number of anilines is 1. The Balaban J connectivity index is 2.00. The van der Waals surface area contributed by atoms with Crippen LogP contribution in [0.15, 0.2) is 24.3 Å². The number of alkyl halides is 3. The van der Waals surface area contributed by atoms with Gasteiger partial charge in [-0.3, -0.25) is 0 Å². The van der Waals surface area contributed by atoms with Gasteiger partial charge in [-0.2, -0.15) is 13.2 Å². The Morgan fingerprint density at radius 2 is 1.94 bits per heavy atom. The molecule has 2 rings (SSSR count). The van der Waals surface area contributed by atoms with E-state index in [2.05, 4.69) is 5.32 Å². The van der Waals surface area contributed by atoms with Crippen LogP contribution in [0, 0.1) is 0 Å². The summed E-state index contributed by atoms with van der Waals surface area (Å²) in [5.41, 5.74) is -0.359. The fourth-order valence-electron chi connectivity index (χ4n) is 1.52. The van der Waals surface area contributed by atoms with Crippen LogP contribution in [-0.2, 0) is 6.18 Å². The van der Waals surface area contributed by atoms with Crippen LogP contribution in [0.4, 0.5) is 23.7 Å². The number of hydrogen-bond acceptors (Lipinski definition) is 2. The molecule has 3 nitrogen and oxygen atoms in total. The molecule has 18 heavy (non-hydrogen) atoms. The van der Waals surface area contributed by atoms with Crippen LogP contribution < -0.4 is 5.32 Å². The number of hydrogen-bond donors (Lipinski definition) is 1. The van der Waals surface area contributed by atoms with Crippen molar-refractivity contribution in [1.29, 1.82) is 0 Å². The molecule has 1 aliphatic rings. The van der Waals surface area contributed by atoms with Crippen molar-refractivity contribution >= 4 is 23.5 Å². The fraction of sp³-hybridized carbons (Fsp3) is 0.364. The van der Waals surface area contributed by atoms with Crippen LogP contribution in [0.2, 0.25) is 0 Å². The highest BCUT2D eigenvalue weighted by atomic mass is 32.2. The molecular weight excluding hydrogens is 265 g/mol. The third-order valence-corrected chi connectivity index (χ3v) is 3.47. The lowest BCUT2D eigenvalue weighted by molar-refractivity contribution is -0.137. The van der Waals surface area contributed by atoms with Crippen molar-refractivity contribution in [3.63, 3.8) is 0 Å². The Bertz CT molecular complexity index is 427. The molecule has 0 bridgehead atoms. The van der Waals surface area contributed by atoms with Crippen LogP contribution in [-0.4, -0.2) is 29.1 Å². The topological polar surface area (TPSA) is 32.3 Å². The number of carbonyl (C=O) groups excluding carboxylic acids is 1. The molecule has 1 aliphatic heterocycles. The minimum absolute atomic E-state index is 0.278. The average Bonchev–Trinajstić information content (AvgIpc) is 2.82. The number of nitrogens with zero attached hydrogens (tertiary/aromatic N) is 1. The van der Waals surface area contributed by atoms with E-state index in [1.807, 2.05) is 0 Å². The first kappa shape index (κ1) is 13.1. The van der Waals surface area contributed by atoms with Crippen molar-refractivity contribution in [1.82, 2.24) is 4.90 Å². The summed E-state index contributed by atoms with van der Waals surface area (Å²) in [6, 6.07) is 4.14. The highest BCUT2D eigenvalue weighted by Gasteiger charge is 2.30. The van der Waals surface area contributed by atoms with E-state index in [0.29, 0.717) is 18.1 Å². The molecule has 0 aromatic heterocycles. The summed E-state index contributed by atoms with van der Waals surface area (Å²) >= 11 is 1.64. The van der Waals surface area contributed by atoms with Crippen LogP contribution in [0.5, 0.6) is 0 Å². The second-order valence-electron chi connectivity index (χ2n) is 3.81. The summed E-state index contributed by atoms with van der Waals surface area (Å²) < 4.78 is 37.0. The summed E-state index contributed by atoms with van der Waals surface area (Å²) in [7, 11) is 0. The highest BCUT2D eigenvalue weighted by Crippen LogP contribution is 2.29. The number of halogens is 3. The van der Waals surface area contributed by atoms with Crippen molar-refractivity contribution in [2.75, 3.05) is 23.5 Å². The van der Waals surface area contributed by atoms with Crippen molar-refractivity contribution < 1.29 is 18.0 Å². The number of carbonyl (C=O) groups is 1. The molecule has 2 amide bonds. The van der Waals surface area contributed by atoms with Crippen molar-refractivity contribution in [2.45, 2.75) is 6.18 Å². The molecule has 0 radical (unpaired) electrons. The average molecular weight is 276 g/mol. The molecule has 0 spiro atoms. The SMILES string of the molecule is O=C(Nc1ccc(C(F)(F)F)cc1)N1CCSC1. The van der Waals surface area contributed by atoms with Gasteiger partial charge >= 0.3 is 12.2 Å². The van der Waals surface area contributed by atoms with Crippen LogP contribution in [0.1, 0.15) is 5.56 Å². The molecule has 0 saturated carbocycles. The van der Waals surface area contributed by atoms with Crippen molar-refractivity contribution in [2.24, 2.45) is 0 Å². The van der Waals surface area contributed by atoms with Gasteiger partial charge in [0.25, 0.3) is 0 Å². The molecule has 1 aromatic carbocycles.